The van der Waals surface area contributed by atoms with Gasteiger partial charge in [-0.25, -0.2) is 9.78 Å². The number of carbonyl (C=O) groups is 1. The molecule has 2 N–H and O–H groups in total. The van der Waals surface area contributed by atoms with E-state index in [2.05, 4.69) is 9.88 Å². The number of rotatable bonds is 3. The molecule has 1 aliphatic rings. The molecule has 2 heterocycles. The second kappa shape index (κ2) is 6.02. The van der Waals surface area contributed by atoms with Crippen molar-refractivity contribution in [2.75, 3.05) is 13.3 Å². The van der Waals surface area contributed by atoms with Crippen LogP contribution in [-0.2, 0) is 4.74 Å². The van der Waals surface area contributed by atoms with E-state index in [1.807, 2.05) is 6.07 Å². The Balaban J connectivity index is 2.07. The van der Waals surface area contributed by atoms with Crippen molar-refractivity contribution in [1.29, 1.82) is 0 Å². The normalized spacial score (nSPS) is 20.6. The van der Waals surface area contributed by atoms with Crippen molar-refractivity contribution >= 4 is 17.7 Å². The largest absolute Gasteiger partial charge is 0.434 e. The third-order valence-corrected chi connectivity index (χ3v) is 3.34. The Bertz CT molecular complexity index is 410. The second-order valence-corrected chi connectivity index (χ2v) is 4.72. The molecule has 5 nitrogen and oxygen atoms in total. The van der Waals surface area contributed by atoms with Crippen molar-refractivity contribution in [3.63, 3.8) is 0 Å². The average Bonchev–Trinajstić information content (AvgIpc) is 2.38. The maximum absolute atomic E-state index is 10.7. The summed E-state index contributed by atoms with van der Waals surface area (Å²) in [5.74, 6) is 0. The number of carbonyl (C=O) groups excluding carboxylic acids is 1. The highest BCUT2D eigenvalue weighted by molar-refractivity contribution is 6.29. The SMILES string of the molecule is NC(=O)OCN1CCCC[C@@H]1c1ccc(Cl)nc1. The number of ether oxygens (including phenoxy) is 1. The summed E-state index contributed by atoms with van der Waals surface area (Å²) in [4.78, 5) is 16.9. The third-order valence-electron chi connectivity index (χ3n) is 3.12. The van der Waals surface area contributed by atoms with Crippen LogP contribution in [0, 0.1) is 0 Å². The van der Waals surface area contributed by atoms with Crippen LogP contribution >= 0.6 is 11.6 Å². The molecule has 1 fully saturated rings. The first-order chi connectivity index (χ1) is 8.66. The Morgan fingerprint density at radius 1 is 1.56 bits per heavy atom. The maximum atomic E-state index is 10.7. The Morgan fingerprint density at radius 2 is 2.39 bits per heavy atom. The topological polar surface area (TPSA) is 68.5 Å². The van der Waals surface area contributed by atoms with E-state index >= 15 is 0 Å². The fraction of sp³-hybridized carbons (Fsp3) is 0.500. The number of aromatic nitrogens is 1. The molecular weight excluding hydrogens is 254 g/mol. The van der Waals surface area contributed by atoms with E-state index in [4.69, 9.17) is 22.1 Å². The number of likely N-dealkylation sites (tertiary alicyclic amines) is 1. The van der Waals surface area contributed by atoms with Crippen LogP contribution in [-0.4, -0.2) is 29.3 Å². The van der Waals surface area contributed by atoms with Gasteiger partial charge in [0.15, 0.2) is 0 Å². The lowest BCUT2D eigenvalue weighted by molar-refractivity contribution is 0.0288. The zero-order chi connectivity index (χ0) is 13.0. The minimum atomic E-state index is -0.742. The zero-order valence-electron chi connectivity index (χ0n) is 10.0. The molecule has 0 unspecified atom stereocenters. The van der Waals surface area contributed by atoms with E-state index in [1.165, 1.54) is 0 Å². The van der Waals surface area contributed by atoms with E-state index < -0.39 is 6.09 Å². The summed E-state index contributed by atoms with van der Waals surface area (Å²) in [6.07, 6.45) is 4.30. The van der Waals surface area contributed by atoms with Crippen LogP contribution < -0.4 is 5.73 Å². The number of hydrogen-bond donors (Lipinski definition) is 1. The van der Waals surface area contributed by atoms with Gasteiger partial charge in [-0.2, -0.15) is 0 Å². The predicted octanol–water partition coefficient (Wildman–Crippen LogP) is 2.31. The van der Waals surface area contributed by atoms with Crippen molar-refractivity contribution in [3.8, 4) is 0 Å². The third kappa shape index (κ3) is 3.34. The van der Waals surface area contributed by atoms with Gasteiger partial charge in [-0.1, -0.05) is 24.1 Å². The highest BCUT2D eigenvalue weighted by atomic mass is 35.5. The second-order valence-electron chi connectivity index (χ2n) is 4.33. The fourth-order valence-corrected chi connectivity index (χ4v) is 2.37. The number of nitrogens with zero attached hydrogens (tertiary/aromatic N) is 2. The molecule has 18 heavy (non-hydrogen) atoms. The average molecular weight is 270 g/mol. The van der Waals surface area contributed by atoms with Gasteiger partial charge in [0.25, 0.3) is 0 Å². The molecule has 98 valence electrons. The number of hydrogen-bond acceptors (Lipinski definition) is 4. The molecule has 0 aliphatic carbocycles. The Kier molecular flexibility index (Phi) is 4.38. The zero-order valence-corrected chi connectivity index (χ0v) is 10.8. The number of piperidine rings is 1. The van der Waals surface area contributed by atoms with Gasteiger partial charge in [-0.15, -0.1) is 0 Å². The molecule has 0 saturated carbocycles. The minimum Gasteiger partial charge on any atom is -0.434 e. The molecule has 2 rings (SSSR count). The van der Waals surface area contributed by atoms with Crippen LogP contribution in [0.2, 0.25) is 5.15 Å². The lowest BCUT2D eigenvalue weighted by Crippen LogP contribution is -2.36. The van der Waals surface area contributed by atoms with Gasteiger partial charge in [0.2, 0.25) is 0 Å². The minimum absolute atomic E-state index is 0.211. The Morgan fingerprint density at radius 3 is 3.06 bits per heavy atom. The van der Waals surface area contributed by atoms with Crippen LogP contribution in [0.3, 0.4) is 0 Å². The summed E-state index contributed by atoms with van der Waals surface area (Å²) < 4.78 is 4.88. The van der Waals surface area contributed by atoms with E-state index in [0.717, 1.165) is 31.4 Å². The van der Waals surface area contributed by atoms with Crippen molar-refractivity contribution in [1.82, 2.24) is 9.88 Å². The van der Waals surface area contributed by atoms with Gasteiger partial charge in [0.05, 0.1) is 0 Å². The van der Waals surface area contributed by atoms with Crippen molar-refractivity contribution < 1.29 is 9.53 Å². The van der Waals surface area contributed by atoms with Crippen LogP contribution in [0.1, 0.15) is 30.9 Å². The van der Waals surface area contributed by atoms with Crippen LogP contribution in [0.25, 0.3) is 0 Å². The van der Waals surface area contributed by atoms with E-state index in [0.29, 0.717) is 5.15 Å². The summed E-state index contributed by atoms with van der Waals surface area (Å²) >= 11 is 5.78. The monoisotopic (exact) mass is 269 g/mol. The van der Waals surface area contributed by atoms with Gasteiger partial charge in [-0.3, -0.25) is 4.90 Å². The summed E-state index contributed by atoms with van der Waals surface area (Å²) in [5.41, 5.74) is 6.09. The van der Waals surface area contributed by atoms with Crippen LogP contribution in [0.15, 0.2) is 18.3 Å². The van der Waals surface area contributed by atoms with Crippen molar-refractivity contribution in [2.45, 2.75) is 25.3 Å². The van der Waals surface area contributed by atoms with E-state index in [9.17, 15) is 4.79 Å². The number of halogens is 1. The maximum Gasteiger partial charge on any atom is 0.405 e. The number of nitrogens with two attached hydrogens (primary N) is 1. The highest BCUT2D eigenvalue weighted by Gasteiger charge is 2.24. The Hall–Kier alpha value is -1.33. The molecule has 1 aromatic heterocycles. The van der Waals surface area contributed by atoms with Gasteiger partial charge in [0.1, 0.15) is 11.9 Å². The molecule has 1 amide bonds. The molecule has 1 aromatic rings. The fourth-order valence-electron chi connectivity index (χ4n) is 2.25. The molecule has 1 aliphatic heterocycles. The standard InChI is InChI=1S/C12H16ClN3O2/c13-11-5-4-9(7-15-11)10-3-1-2-6-16(10)8-18-12(14)17/h4-5,7,10H,1-3,6,8H2,(H2,14,17)/t10-/m1/s1. The quantitative estimate of drug-likeness (QED) is 0.855. The van der Waals surface area contributed by atoms with Gasteiger partial charge < -0.3 is 10.5 Å². The number of primary amides is 1. The van der Waals surface area contributed by atoms with E-state index in [-0.39, 0.29) is 12.8 Å². The lowest BCUT2D eigenvalue weighted by Gasteiger charge is -2.34. The summed E-state index contributed by atoms with van der Waals surface area (Å²) in [6.45, 7) is 1.11. The van der Waals surface area contributed by atoms with Crippen molar-refractivity contribution in [2.24, 2.45) is 5.73 Å². The lowest BCUT2D eigenvalue weighted by atomic mass is 9.97. The molecule has 0 radical (unpaired) electrons. The van der Waals surface area contributed by atoms with E-state index in [1.54, 1.807) is 12.3 Å². The van der Waals surface area contributed by atoms with Gasteiger partial charge >= 0.3 is 6.09 Å². The van der Waals surface area contributed by atoms with Crippen molar-refractivity contribution in [3.05, 3.63) is 29.0 Å². The Labute approximate surface area is 111 Å². The summed E-state index contributed by atoms with van der Waals surface area (Å²) in [7, 11) is 0. The van der Waals surface area contributed by atoms with Gasteiger partial charge in [0, 0.05) is 18.8 Å². The summed E-state index contributed by atoms with van der Waals surface area (Å²) in [5, 5.41) is 0.481. The summed E-state index contributed by atoms with van der Waals surface area (Å²) in [6, 6.07) is 3.95. The number of pyridine rings is 1. The molecule has 0 spiro atoms. The first kappa shape index (κ1) is 13.1. The molecule has 6 heteroatoms. The van der Waals surface area contributed by atoms with Crippen LogP contribution in [0.5, 0.6) is 0 Å². The highest BCUT2D eigenvalue weighted by Crippen LogP contribution is 2.30. The molecule has 1 atom stereocenters. The molecule has 0 bridgehead atoms. The molecular formula is C12H16ClN3O2. The predicted molar refractivity (Wildman–Crippen MR) is 68.1 cm³/mol. The smallest absolute Gasteiger partial charge is 0.405 e. The molecule has 1 saturated heterocycles. The molecule has 0 aromatic carbocycles. The first-order valence-corrected chi connectivity index (χ1v) is 6.32. The number of amides is 1. The van der Waals surface area contributed by atoms with Gasteiger partial charge in [-0.05, 0) is 24.5 Å². The van der Waals surface area contributed by atoms with Crippen LogP contribution in [0.4, 0.5) is 4.79 Å². The first-order valence-electron chi connectivity index (χ1n) is 5.94.